The van der Waals surface area contributed by atoms with E-state index in [4.69, 9.17) is 34.5 Å². The first-order valence-electron chi connectivity index (χ1n) is 12.2. The second-order valence-corrected chi connectivity index (χ2v) is 8.43. The number of hydrogen-bond donors (Lipinski definition) is 4. The van der Waals surface area contributed by atoms with Gasteiger partial charge in [-0.3, -0.25) is 24.0 Å². The summed E-state index contributed by atoms with van der Waals surface area (Å²) in [5, 5.41) is 14.0. The number of nitrogens with one attached hydrogen (secondary N) is 2. The van der Waals surface area contributed by atoms with Gasteiger partial charge in [-0.25, -0.2) is 0 Å². The van der Waals surface area contributed by atoms with Crippen molar-refractivity contribution in [3.05, 3.63) is 0 Å². The fourth-order valence-corrected chi connectivity index (χ4v) is 3.49. The van der Waals surface area contributed by atoms with Gasteiger partial charge in [-0.05, 0) is 19.3 Å². The van der Waals surface area contributed by atoms with E-state index in [0.717, 1.165) is 0 Å². The minimum Gasteiger partial charge on any atom is -0.463 e. The molecule has 2 amide bonds. The Kier molecular flexibility index (Phi) is 15.3. The van der Waals surface area contributed by atoms with Crippen LogP contribution in [0.3, 0.4) is 0 Å². The number of aliphatic hydroxyl groups is 1. The number of nitrogens with two attached hydrogens (primary N) is 1. The first-order chi connectivity index (χ1) is 17.5. The second kappa shape index (κ2) is 17.6. The summed E-state index contributed by atoms with van der Waals surface area (Å²) >= 11 is 0. The second-order valence-electron chi connectivity index (χ2n) is 8.43. The van der Waals surface area contributed by atoms with E-state index in [1.54, 1.807) is 0 Å². The van der Waals surface area contributed by atoms with Crippen molar-refractivity contribution in [1.29, 1.82) is 0 Å². The lowest BCUT2D eigenvalue weighted by Crippen LogP contribution is -2.64. The fraction of sp³-hybridized carbons (Fsp3) is 0.783. The van der Waals surface area contributed by atoms with E-state index in [9.17, 15) is 24.0 Å². The van der Waals surface area contributed by atoms with Crippen LogP contribution in [-0.2, 0) is 47.7 Å². The van der Waals surface area contributed by atoms with E-state index in [1.807, 2.05) is 0 Å². The lowest BCUT2D eigenvalue weighted by Gasteiger charge is -2.43. The van der Waals surface area contributed by atoms with E-state index in [1.165, 1.54) is 20.8 Å². The first-order valence-corrected chi connectivity index (χ1v) is 12.2. The average molecular weight is 534 g/mol. The average Bonchev–Trinajstić information content (AvgIpc) is 2.81. The van der Waals surface area contributed by atoms with Crippen molar-refractivity contribution >= 4 is 29.7 Å². The monoisotopic (exact) mass is 533 g/mol. The van der Waals surface area contributed by atoms with Crippen molar-refractivity contribution in [2.24, 2.45) is 5.73 Å². The van der Waals surface area contributed by atoms with E-state index in [0.29, 0.717) is 32.4 Å². The molecule has 1 aliphatic heterocycles. The molecule has 1 fully saturated rings. The van der Waals surface area contributed by atoms with E-state index in [-0.39, 0.29) is 44.5 Å². The Morgan fingerprint density at radius 3 is 2.00 bits per heavy atom. The fourth-order valence-electron chi connectivity index (χ4n) is 3.49. The summed E-state index contributed by atoms with van der Waals surface area (Å²) in [5.41, 5.74) is 6.20. The zero-order chi connectivity index (χ0) is 27.8. The Morgan fingerprint density at radius 2 is 1.43 bits per heavy atom. The normalized spacial score (nSPS) is 23.0. The summed E-state index contributed by atoms with van der Waals surface area (Å²) < 4.78 is 27.1. The molecule has 1 rings (SSSR count). The van der Waals surface area contributed by atoms with Crippen molar-refractivity contribution in [2.45, 2.75) is 83.5 Å². The van der Waals surface area contributed by atoms with Crippen LogP contribution in [0.15, 0.2) is 0 Å². The maximum Gasteiger partial charge on any atom is 0.303 e. The Morgan fingerprint density at radius 1 is 0.838 bits per heavy atom. The van der Waals surface area contributed by atoms with Crippen LogP contribution in [-0.4, -0.2) is 98.4 Å². The molecule has 5 unspecified atom stereocenters. The number of carbonyl (C=O) groups excluding carboxylic acids is 5. The number of esters is 3. The van der Waals surface area contributed by atoms with Gasteiger partial charge in [-0.15, -0.1) is 0 Å². The Balaban J connectivity index is 2.49. The molecule has 0 aromatic rings. The third-order valence-corrected chi connectivity index (χ3v) is 5.16. The maximum absolute atomic E-state index is 12.0. The summed E-state index contributed by atoms with van der Waals surface area (Å²) in [6, 6.07) is -0.997. The molecule has 5 N–H and O–H groups in total. The molecule has 0 radical (unpaired) electrons. The van der Waals surface area contributed by atoms with Gasteiger partial charge in [-0.1, -0.05) is 0 Å². The summed E-state index contributed by atoms with van der Waals surface area (Å²) in [5.74, 6) is -2.27. The predicted molar refractivity (Wildman–Crippen MR) is 127 cm³/mol. The lowest BCUT2D eigenvalue weighted by atomic mass is 9.97. The number of carbonyl (C=O) groups is 5. The van der Waals surface area contributed by atoms with Gasteiger partial charge in [-0.2, -0.15) is 0 Å². The third kappa shape index (κ3) is 13.3. The lowest BCUT2D eigenvalue weighted by molar-refractivity contribution is -0.274. The van der Waals surface area contributed by atoms with E-state index >= 15 is 0 Å². The number of ether oxygens (including phenoxy) is 5. The van der Waals surface area contributed by atoms with Gasteiger partial charge < -0.3 is 45.2 Å². The van der Waals surface area contributed by atoms with E-state index in [2.05, 4.69) is 10.6 Å². The van der Waals surface area contributed by atoms with Gasteiger partial charge >= 0.3 is 17.9 Å². The summed E-state index contributed by atoms with van der Waals surface area (Å²) in [4.78, 5) is 57.7. The first kappa shape index (κ1) is 32.2. The highest BCUT2D eigenvalue weighted by Crippen LogP contribution is 2.26. The molecule has 37 heavy (non-hydrogen) atoms. The number of amides is 2. The van der Waals surface area contributed by atoms with Crippen LogP contribution in [0.5, 0.6) is 0 Å². The quantitative estimate of drug-likeness (QED) is 0.103. The highest BCUT2D eigenvalue weighted by Gasteiger charge is 2.49. The van der Waals surface area contributed by atoms with Gasteiger partial charge in [0, 0.05) is 53.3 Å². The van der Waals surface area contributed by atoms with Crippen molar-refractivity contribution in [3.63, 3.8) is 0 Å². The number of hydrogen-bond acceptors (Lipinski definition) is 12. The van der Waals surface area contributed by atoms with Gasteiger partial charge in [0.1, 0.15) is 12.7 Å². The molecule has 14 heteroatoms. The molecule has 14 nitrogen and oxygen atoms in total. The van der Waals surface area contributed by atoms with Gasteiger partial charge in [0.05, 0.1) is 12.6 Å². The maximum atomic E-state index is 12.0. The Bertz CT molecular complexity index is 764. The molecular formula is C23H39N3O11. The molecule has 0 aromatic heterocycles. The topological polar surface area (TPSA) is 202 Å². The van der Waals surface area contributed by atoms with E-state index < -0.39 is 48.6 Å². The number of aliphatic hydroxyl groups excluding tert-OH is 1. The zero-order valence-electron chi connectivity index (χ0n) is 21.6. The molecule has 5 atom stereocenters. The predicted octanol–water partition coefficient (Wildman–Crippen LogP) is -1.34. The van der Waals surface area contributed by atoms with Gasteiger partial charge in [0.15, 0.2) is 18.5 Å². The smallest absolute Gasteiger partial charge is 0.303 e. The molecule has 0 saturated carbocycles. The SMILES string of the molecule is CC(=O)OCC1OC(OCCCCC(=O)NCCCNC(=O)CCO)C(N)C(OC(C)=O)C1OC(C)=O. The highest BCUT2D eigenvalue weighted by atomic mass is 16.7. The molecule has 212 valence electrons. The Hall–Kier alpha value is -2.81. The zero-order valence-corrected chi connectivity index (χ0v) is 21.6. The van der Waals surface area contributed by atoms with Crippen LogP contribution >= 0.6 is 0 Å². The van der Waals surface area contributed by atoms with Crippen LogP contribution in [0.4, 0.5) is 0 Å². The largest absolute Gasteiger partial charge is 0.463 e. The standard InChI is InChI=1S/C23H39N3O11/c1-14(28)34-13-17-21(35-15(2)29)22(36-16(3)30)20(24)23(37-17)33-12-5-4-7-18(31)25-9-6-10-26-19(32)8-11-27/h17,20-23,27H,4-13,24H2,1-3H3,(H,25,31)(H,26,32). The summed E-state index contributed by atoms with van der Waals surface area (Å²) in [7, 11) is 0. The van der Waals surface area contributed by atoms with Gasteiger partial charge in [0.25, 0.3) is 0 Å². The van der Waals surface area contributed by atoms with Crippen molar-refractivity contribution in [3.8, 4) is 0 Å². The van der Waals surface area contributed by atoms with Crippen LogP contribution in [0.25, 0.3) is 0 Å². The molecule has 0 aliphatic carbocycles. The van der Waals surface area contributed by atoms with Crippen LogP contribution in [0, 0.1) is 0 Å². The molecule has 0 aromatic carbocycles. The van der Waals surface area contributed by atoms with Gasteiger partial charge in [0.2, 0.25) is 11.8 Å². The summed E-state index contributed by atoms with van der Waals surface area (Å²) in [6.45, 7) is 4.07. The molecule has 0 bridgehead atoms. The number of unbranched alkanes of at least 4 members (excludes halogenated alkanes) is 1. The number of rotatable bonds is 16. The van der Waals surface area contributed by atoms with Crippen molar-refractivity contribution in [1.82, 2.24) is 10.6 Å². The molecule has 0 spiro atoms. The van der Waals surface area contributed by atoms with Crippen LogP contribution < -0.4 is 16.4 Å². The minimum atomic E-state index is -1.11. The molecule has 1 saturated heterocycles. The third-order valence-electron chi connectivity index (χ3n) is 5.16. The Labute approximate surface area is 215 Å². The molecule has 1 aliphatic rings. The van der Waals surface area contributed by atoms with Crippen molar-refractivity contribution < 1.29 is 52.8 Å². The van der Waals surface area contributed by atoms with Crippen molar-refractivity contribution in [2.75, 3.05) is 32.9 Å². The van der Waals surface area contributed by atoms with Crippen LogP contribution in [0.1, 0.15) is 52.9 Å². The molecule has 1 heterocycles. The minimum absolute atomic E-state index is 0.0509. The summed E-state index contributed by atoms with van der Waals surface area (Å²) in [6.07, 6.45) is -2.35. The van der Waals surface area contributed by atoms with Crippen LogP contribution in [0.2, 0.25) is 0 Å². The molecular weight excluding hydrogens is 494 g/mol. The highest BCUT2D eigenvalue weighted by molar-refractivity contribution is 5.76.